The second-order valence-corrected chi connectivity index (χ2v) is 9.90. The first-order chi connectivity index (χ1) is 18.8. The Kier molecular flexibility index (Phi) is 11.9. The van der Waals surface area contributed by atoms with Gasteiger partial charge in [0.2, 0.25) is 0 Å². The lowest BCUT2D eigenvalue weighted by atomic mass is 9.97. The zero-order valence-electron chi connectivity index (χ0n) is 21.0. The highest BCUT2D eigenvalue weighted by atomic mass is 32.2. The number of nitrogens with one attached hydrogen (secondary N) is 2. The number of nitrogens with zero attached hydrogens (tertiary/aromatic N) is 1. The summed E-state index contributed by atoms with van der Waals surface area (Å²) < 4.78 is 31.7. The molecule has 0 bridgehead atoms. The van der Waals surface area contributed by atoms with E-state index in [9.17, 15) is 37.8 Å². The number of carboxylic acid groups (broad SMARTS) is 3. The number of benzene rings is 2. The minimum absolute atomic E-state index is 0.264. The van der Waals surface area contributed by atoms with Gasteiger partial charge in [-0.05, 0) is 47.8 Å². The third kappa shape index (κ3) is 9.20. The minimum Gasteiger partial charge on any atom is -0.480 e. The zero-order valence-corrected chi connectivity index (χ0v) is 22.6. The lowest BCUT2D eigenvalue weighted by Crippen LogP contribution is -2.45. The molecule has 1 unspecified atom stereocenters. The molecule has 5 N–H and O–H groups in total. The summed E-state index contributed by atoms with van der Waals surface area (Å²) in [6.45, 7) is 0.461. The van der Waals surface area contributed by atoms with Crippen LogP contribution >= 0.6 is 24.0 Å². The van der Waals surface area contributed by atoms with E-state index in [-0.39, 0.29) is 5.56 Å². The fourth-order valence-corrected chi connectivity index (χ4v) is 4.38. The Morgan fingerprint density at radius 2 is 1.75 bits per heavy atom. The van der Waals surface area contributed by atoms with E-state index in [1.54, 1.807) is 12.1 Å². The number of carbonyl (C=O) groups excluding carboxylic acids is 1. The number of rotatable bonds is 9. The summed E-state index contributed by atoms with van der Waals surface area (Å²) >= 11 is 6.72. The monoisotopic (exact) mass is 601 g/mol. The van der Waals surface area contributed by atoms with Crippen molar-refractivity contribution in [3.63, 3.8) is 0 Å². The molecule has 0 spiro atoms. The quantitative estimate of drug-likeness (QED) is 0.265. The van der Waals surface area contributed by atoms with Crippen LogP contribution in [-0.4, -0.2) is 81.1 Å². The highest BCUT2D eigenvalue weighted by Crippen LogP contribution is 2.31. The maximum absolute atomic E-state index is 13.1. The molecule has 1 aliphatic rings. The minimum atomic E-state index is -5.08. The molecule has 0 saturated carbocycles. The first-order valence-corrected chi connectivity index (χ1v) is 13.4. The van der Waals surface area contributed by atoms with Gasteiger partial charge < -0.3 is 20.6 Å². The maximum Gasteiger partial charge on any atom is 0.490 e. The molecule has 10 nitrogen and oxygen atoms in total. The average Bonchev–Trinajstić information content (AvgIpc) is 3.31. The molecule has 3 rings (SSSR count). The van der Waals surface area contributed by atoms with Crippen molar-refractivity contribution in [3.8, 4) is 11.1 Å². The molecule has 1 fully saturated rings. The second kappa shape index (κ2) is 14.6. The van der Waals surface area contributed by atoms with Crippen LogP contribution in [0.1, 0.15) is 23.2 Å². The fourth-order valence-electron chi connectivity index (χ4n) is 3.66. The number of hydrogen-bond donors (Lipinski definition) is 5. The van der Waals surface area contributed by atoms with E-state index in [0.717, 1.165) is 4.86 Å². The van der Waals surface area contributed by atoms with Gasteiger partial charge in [0.1, 0.15) is 6.04 Å². The number of aliphatic carboxylic acids is 2. The third-order valence-electron chi connectivity index (χ3n) is 5.54. The maximum atomic E-state index is 13.1. The number of alkyl halides is 3. The lowest BCUT2D eigenvalue weighted by Gasteiger charge is -2.27. The van der Waals surface area contributed by atoms with Gasteiger partial charge in [0.05, 0.1) is 6.17 Å². The first-order valence-electron chi connectivity index (χ1n) is 11.6. The Hall–Kier alpha value is -3.69. The van der Waals surface area contributed by atoms with Crippen molar-refractivity contribution in [2.24, 2.45) is 0 Å². The van der Waals surface area contributed by atoms with Crippen LogP contribution in [0, 0.1) is 0 Å². The number of anilines is 1. The van der Waals surface area contributed by atoms with E-state index in [1.807, 2.05) is 36.6 Å². The van der Waals surface area contributed by atoms with Gasteiger partial charge in [-0.1, -0.05) is 42.5 Å². The molecular weight excluding hydrogens is 575 g/mol. The van der Waals surface area contributed by atoms with Crippen LogP contribution in [0.4, 0.5) is 23.7 Å². The van der Waals surface area contributed by atoms with Gasteiger partial charge in [-0.25, -0.2) is 14.4 Å². The number of carboxylic acids is 2. The number of carbonyl (C=O) groups is 4. The third-order valence-corrected chi connectivity index (χ3v) is 6.50. The van der Waals surface area contributed by atoms with E-state index in [1.165, 1.54) is 22.7 Å². The molecule has 0 aromatic heterocycles. The predicted molar refractivity (Wildman–Crippen MR) is 147 cm³/mol. The summed E-state index contributed by atoms with van der Waals surface area (Å²) in [6.07, 6.45) is -4.15. The Labute approximate surface area is 236 Å². The fraction of sp³-hybridized carbons (Fsp3) is 0.320. The van der Waals surface area contributed by atoms with E-state index in [4.69, 9.17) is 22.1 Å². The van der Waals surface area contributed by atoms with Crippen molar-refractivity contribution < 1.29 is 47.7 Å². The molecular formula is C25H26F3N3O7S2. The van der Waals surface area contributed by atoms with E-state index < -0.39 is 42.3 Å². The van der Waals surface area contributed by atoms with Gasteiger partial charge in [-0.2, -0.15) is 24.9 Å². The second-order valence-electron chi connectivity index (χ2n) is 8.34. The van der Waals surface area contributed by atoms with Crippen molar-refractivity contribution in [1.82, 2.24) is 10.6 Å². The molecule has 1 aliphatic heterocycles. The van der Waals surface area contributed by atoms with Crippen molar-refractivity contribution in [2.75, 3.05) is 23.5 Å². The Morgan fingerprint density at radius 3 is 2.23 bits per heavy atom. The SMILES string of the molecule is CSCC[C@H](NC(=O)c1ccc(N(C(=O)O)C2CC(=S)CN2)cc1-c1ccccc1)C(=O)O.O=C(O)C(F)(F)F. The van der Waals surface area contributed by atoms with Crippen molar-refractivity contribution in [2.45, 2.75) is 31.2 Å². The van der Waals surface area contributed by atoms with Crippen molar-refractivity contribution in [1.29, 1.82) is 0 Å². The van der Waals surface area contributed by atoms with Gasteiger partial charge in [-0.3, -0.25) is 15.0 Å². The van der Waals surface area contributed by atoms with Gasteiger partial charge >= 0.3 is 24.2 Å². The van der Waals surface area contributed by atoms with Crippen LogP contribution in [-0.2, 0) is 9.59 Å². The lowest BCUT2D eigenvalue weighted by molar-refractivity contribution is -0.192. The largest absolute Gasteiger partial charge is 0.490 e. The highest BCUT2D eigenvalue weighted by Gasteiger charge is 2.38. The first kappa shape index (κ1) is 32.5. The summed E-state index contributed by atoms with van der Waals surface area (Å²) in [6, 6.07) is 12.8. The van der Waals surface area contributed by atoms with Crippen LogP contribution in [0.5, 0.6) is 0 Å². The van der Waals surface area contributed by atoms with Crippen LogP contribution in [0.2, 0.25) is 0 Å². The van der Waals surface area contributed by atoms with Gasteiger partial charge in [0.25, 0.3) is 5.91 Å². The number of halogens is 3. The Balaban J connectivity index is 0.000000708. The molecule has 2 aromatic carbocycles. The number of hydrogen-bond acceptors (Lipinski definition) is 7. The van der Waals surface area contributed by atoms with Gasteiger partial charge in [0.15, 0.2) is 0 Å². The molecule has 2 aromatic rings. The van der Waals surface area contributed by atoms with Crippen LogP contribution < -0.4 is 15.5 Å². The molecule has 15 heteroatoms. The van der Waals surface area contributed by atoms with Crippen LogP contribution in [0.3, 0.4) is 0 Å². The van der Waals surface area contributed by atoms with Crippen molar-refractivity contribution in [3.05, 3.63) is 54.1 Å². The molecule has 1 saturated heterocycles. The molecule has 1 heterocycles. The Bertz CT molecular complexity index is 1250. The molecule has 0 radical (unpaired) electrons. The zero-order chi connectivity index (χ0) is 30.0. The molecule has 40 heavy (non-hydrogen) atoms. The van der Waals surface area contributed by atoms with Crippen LogP contribution in [0.25, 0.3) is 11.1 Å². The van der Waals surface area contributed by atoms with E-state index in [0.29, 0.717) is 42.0 Å². The number of amides is 2. The van der Waals surface area contributed by atoms with E-state index >= 15 is 0 Å². The van der Waals surface area contributed by atoms with Crippen molar-refractivity contribution >= 4 is 58.5 Å². The molecule has 216 valence electrons. The predicted octanol–water partition coefficient (Wildman–Crippen LogP) is 4.10. The number of thiocarbonyl (C=S) groups is 1. The standard InChI is InChI=1S/C23H25N3O5S2.C2HF3O2/c1-33-10-9-19(22(28)29)25-21(27)17-8-7-15(11-18(17)14-5-3-2-4-6-14)26(23(30)31)20-12-16(32)13-24-20;3-2(4,5)1(6)7/h2-8,11,19-20,24H,9-10,12-13H2,1H3,(H,25,27)(H,28,29)(H,30,31);(H,6,7)/t19-,20?;/m0./s1. The summed E-state index contributed by atoms with van der Waals surface area (Å²) in [7, 11) is 0. The molecule has 2 atom stereocenters. The summed E-state index contributed by atoms with van der Waals surface area (Å²) in [5.74, 6) is -3.80. The Morgan fingerprint density at radius 1 is 1.12 bits per heavy atom. The average molecular weight is 602 g/mol. The van der Waals surface area contributed by atoms with Crippen LogP contribution in [0.15, 0.2) is 48.5 Å². The van der Waals surface area contributed by atoms with E-state index in [2.05, 4.69) is 10.6 Å². The van der Waals surface area contributed by atoms with Gasteiger partial charge in [0, 0.05) is 29.1 Å². The molecule has 0 aliphatic carbocycles. The summed E-state index contributed by atoms with van der Waals surface area (Å²) in [4.78, 5) is 47.6. The topological polar surface area (TPSA) is 156 Å². The highest BCUT2D eigenvalue weighted by molar-refractivity contribution is 7.98. The smallest absolute Gasteiger partial charge is 0.480 e. The normalized spacial score (nSPS) is 15.4. The summed E-state index contributed by atoms with van der Waals surface area (Å²) in [5, 5.41) is 32.2. The van der Waals surface area contributed by atoms with Gasteiger partial charge in [-0.15, -0.1) is 0 Å². The molecule has 2 amide bonds. The number of thioether (sulfide) groups is 1. The summed E-state index contributed by atoms with van der Waals surface area (Å²) in [5.41, 5.74) is 1.87.